The summed E-state index contributed by atoms with van der Waals surface area (Å²) in [5.74, 6) is 1.19. The van der Waals surface area contributed by atoms with Crippen LogP contribution in [0, 0.1) is 0 Å². The van der Waals surface area contributed by atoms with E-state index in [0.717, 1.165) is 28.3 Å². The third-order valence-corrected chi connectivity index (χ3v) is 4.92. The van der Waals surface area contributed by atoms with Gasteiger partial charge in [0.05, 0.1) is 5.75 Å². The second-order valence-corrected chi connectivity index (χ2v) is 7.12. The lowest BCUT2D eigenvalue weighted by Gasteiger charge is -2.04. The van der Waals surface area contributed by atoms with Crippen LogP contribution in [0.4, 0.5) is 0 Å². The Hall–Kier alpha value is -1.67. The number of ketones is 1. The fourth-order valence-electron chi connectivity index (χ4n) is 2.05. The van der Waals surface area contributed by atoms with E-state index in [1.165, 1.54) is 18.7 Å². The molecule has 0 atom stereocenters. The van der Waals surface area contributed by atoms with Crippen molar-refractivity contribution in [2.24, 2.45) is 7.05 Å². The van der Waals surface area contributed by atoms with Crippen LogP contribution in [-0.4, -0.2) is 38.8 Å². The van der Waals surface area contributed by atoms with Gasteiger partial charge in [0.25, 0.3) is 0 Å². The zero-order valence-corrected chi connectivity index (χ0v) is 16.0. The quantitative estimate of drug-likeness (QED) is 0.411. The Labute approximate surface area is 153 Å². The molecule has 0 fully saturated rings. The van der Waals surface area contributed by atoms with E-state index in [1.54, 1.807) is 12.1 Å². The number of amides is 1. The van der Waals surface area contributed by atoms with Crippen molar-refractivity contribution in [3.05, 3.63) is 40.1 Å². The average Bonchev–Trinajstić information content (AvgIpc) is 2.90. The van der Waals surface area contributed by atoms with Gasteiger partial charge in [0.1, 0.15) is 5.82 Å². The van der Waals surface area contributed by atoms with Gasteiger partial charge in [-0.3, -0.25) is 9.59 Å². The Morgan fingerprint density at radius 2 is 1.96 bits per heavy atom. The molecule has 0 unspecified atom stereocenters. The number of thioether (sulfide) groups is 1. The van der Waals surface area contributed by atoms with Gasteiger partial charge in [0.2, 0.25) is 5.91 Å². The van der Waals surface area contributed by atoms with Gasteiger partial charge in [-0.15, -0.1) is 10.2 Å². The molecule has 0 saturated carbocycles. The van der Waals surface area contributed by atoms with Gasteiger partial charge in [-0.05, 0) is 18.6 Å². The van der Waals surface area contributed by atoms with Crippen LogP contribution in [0.5, 0.6) is 0 Å². The number of nitrogens with one attached hydrogen (secondary N) is 1. The third-order valence-electron chi connectivity index (χ3n) is 3.37. The zero-order valence-electron chi connectivity index (χ0n) is 13.6. The highest BCUT2D eigenvalue weighted by molar-refractivity contribution is 9.10. The minimum atomic E-state index is -0.0318. The number of benzene rings is 1. The van der Waals surface area contributed by atoms with Gasteiger partial charge in [0, 0.05) is 37.0 Å². The largest absolute Gasteiger partial charge is 0.356 e. The maximum Gasteiger partial charge on any atom is 0.216 e. The molecule has 128 valence electrons. The lowest BCUT2D eigenvalue weighted by Crippen LogP contribution is -2.21. The summed E-state index contributed by atoms with van der Waals surface area (Å²) in [7, 11) is 1.89. The molecule has 1 aromatic carbocycles. The Morgan fingerprint density at radius 3 is 2.62 bits per heavy atom. The highest BCUT2D eigenvalue weighted by atomic mass is 79.9. The molecule has 0 saturated heterocycles. The van der Waals surface area contributed by atoms with E-state index in [9.17, 15) is 9.59 Å². The van der Waals surface area contributed by atoms with Crippen LogP contribution < -0.4 is 5.32 Å². The van der Waals surface area contributed by atoms with Crippen LogP contribution in [-0.2, 0) is 18.3 Å². The monoisotopic (exact) mass is 410 g/mol. The van der Waals surface area contributed by atoms with Crippen molar-refractivity contribution >= 4 is 39.4 Å². The summed E-state index contributed by atoms with van der Waals surface area (Å²) in [5.41, 5.74) is 0.684. The molecule has 1 aromatic heterocycles. The van der Waals surface area contributed by atoms with E-state index in [-0.39, 0.29) is 11.7 Å². The van der Waals surface area contributed by atoms with E-state index in [4.69, 9.17) is 0 Å². The highest BCUT2D eigenvalue weighted by Crippen LogP contribution is 2.19. The maximum atomic E-state index is 12.2. The molecule has 2 rings (SSSR count). The summed E-state index contributed by atoms with van der Waals surface area (Å²) in [6.45, 7) is 2.12. The summed E-state index contributed by atoms with van der Waals surface area (Å²) >= 11 is 4.73. The lowest BCUT2D eigenvalue weighted by molar-refractivity contribution is -0.118. The van der Waals surface area contributed by atoms with Gasteiger partial charge < -0.3 is 9.88 Å². The number of rotatable bonds is 8. The number of hydrogen-bond donors (Lipinski definition) is 1. The predicted octanol–water partition coefficient (Wildman–Crippen LogP) is 2.62. The molecule has 0 bridgehead atoms. The van der Waals surface area contributed by atoms with Crippen molar-refractivity contribution in [2.45, 2.75) is 24.9 Å². The summed E-state index contributed by atoms with van der Waals surface area (Å²) < 4.78 is 2.84. The Morgan fingerprint density at radius 1 is 1.25 bits per heavy atom. The molecule has 1 amide bonds. The molecule has 0 aliphatic rings. The van der Waals surface area contributed by atoms with Crippen molar-refractivity contribution < 1.29 is 9.59 Å². The van der Waals surface area contributed by atoms with E-state index < -0.39 is 0 Å². The molecule has 0 spiro atoms. The van der Waals surface area contributed by atoms with Crippen LogP contribution in [0.3, 0.4) is 0 Å². The number of aryl methyl sites for hydroxylation is 1. The number of nitrogens with zero attached hydrogens (tertiary/aromatic N) is 3. The molecular weight excluding hydrogens is 392 g/mol. The van der Waals surface area contributed by atoms with E-state index >= 15 is 0 Å². The third kappa shape index (κ3) is 5.45. The smallest absolute Gasteiger partial charge is 0.216 e. The van der Waals surface area contributed by atoms with E-state index in [0.29, 0.717) is 17.9 Å². The van der Waals surface area contributed by atoms with E-state index in [2.05, 4.69) is 31.4 Å². The van der Waals surface area contributed by atoms with Crippen LogP contribution >= 0.6 is 27.7 Å². The normalized spacial score (nSPS) is 10.6. The lowest BCUT2D eigenvalue weighted by atomic mass is 10.2. The number of hydrogen-bond acceptors (Lipinski definition) is 5. The predicted molar refractivity (Wildman–Crippen MR) is 97.2 cm³/mol. The minimum absolute atomic E-state index is 0.0318. The molecule has 1 heterocycles. The Kier molecular flexibility index (Phi) is 6.99. The second-order valence-electron chi connectivity index (χ2n) is 5.26. The van der Waals surface area contributed by atoms with Gasteiger partial charge in [-0.1, -0.05) is 39.8 Å². The molecule has 8 heteroatoms. The van der Waals surface area contributed by atoms with Crippen molar-refractivity contribution in [1.82, 2.24) is 20.1 Å². The molecule has 6 nitrogen and oxygen atoms in total. The summed E-state index contributed by atoms with van der Waals surface area (Å²) in [4.78, 5) is 23.0. The number of carbonyl (C=O) groups excluding carboxylic acids is 2. The second kappa shape index (κ2) is 8.98. The van der Waals surface area contributed by atoms with Crippen molar-refractivity contribution in [3.8, 4) is 0 Å². The van der Waals surface area contributed by atoms with Crippen molar-refractivity contribution in [2.75, 3.05) is 12.3 Å². The standard InChI is InChI=1S/C16H19BrN4O2S/c1-11(22)18-9-3-4-15-19-20-16(21(15)2)24-10-14(23)12-5-7-13(17)8-6-12/h5-8H,3-4,9-10H2,1-2H3,(H,18,22). The first-order valence-electron chi connectivity index (χ1n) is 7.51. The van der Waals surface area contributed by atoms with Crippen molar-refractivity contribution in [3.63, 3.8) is 0 Å². The molecule has 2 aromatic rings. The van der Waals surface area contributed by atoms with Gasteiger partial charge >= 0.3 is 0 Å². The molecule has 0 aliphatic heterocycles. The Balaban J connectivity index is 1.85. The molecule has 0 radical (unpaired) electrons. The fourth-order valence-corrected chi connectivity index (χ4v) is 3.14. The van der Waals surface area contributed by atoms with Crippen LogP contribution in [0.2, 0.25) is 0 Å². The SMILES string of the molecule is CC(=O)NCCCc1nnc(SCC(=O)c2ccc(Br)cc2)n1C. The summed E-state index contributed by atoms with van der Waals surface area (Å²) in [6.07, 6.45) is 1.53. The Bertz CT molecular complexity index is 715. The van der Waals surface area contributed by atoms with E-state index in [1.807, 2.05) is 23.7 Å². The molecule has 1 N–H and O–H groups in total. The highest BCUT2D eigenvalue weighted by Gasteiger charge is 2.12. The van der Waals surface area contributed by atoms with Crippen LogP contribution in [0.15, 0.2) is 33.9 Å². The number of carbonyl (C=O) groups is 2. The van der Waals surface area contributed by atoms with Crippen LogP contribution in [0.25, 0.3) is 0 Å². The number of Topliss-reactive ketones (excluding diaryl/α,β-unsaturated/α-hetero) is 1. The first-order valence-corrected chi connectivity index (χ1v) is 9.29. The molecule has 0 aliphatic carbocycles. The topological polar surface area (TPSA) is 76.9 Å². The zero-order chi connectivity index (χ0) is 17.5. The van der Waals surface area contributed by atoms with Gasteiger partial charge in [-0.25, -0.2) is 0 Å². The summed E-state index contributed by atoms with van der Waals surface area (Å²) in [6, 6.07) is 7.31. The first kappa shape index (κ1) is 18.7. The molecule has 24 heavy (non-hydrogen) atoms. The fraction of sp³-hybridized carbons (Fsp3) is 0.375. The summed E-state index contributed by atoms with van der Waals surface area (Å²) in [5, 5.41) is 11.8. The first-order chi connectivity index (χ1) is 11.5. The van der Waals surface area contributed by atoms with Crippen molar-refractivity contribution in [1.29, 1.82) is 0 Å². The average molecular weight is 411 g/mol. The minimum Gasteiger partial charge on any atom is -0.356 e. The van der Waals surface area contributed by atoms with Gasteiger partial charge in [-0.2, -0.15) is 0 Å². The number of halogens is 1. The number of aromatic nitrogens is 3. The van der Waals surface area contributed by atoms with Gasteiger partial charge in [0.15, 0.2) is 10.9 Å². The van der Waals surface area contributed by atoms with Crippen LogP contribution in [0.1, 0.15) is 29.5 Å². The maximum absolute atomic E-state index is 12.2. The molecular formula is C16H19BrN4O2S.